The zero-order valence-electron chi connectivity index (χ0n) is 16.9. The highest BCUT2D eigenvalue weighted by molar-refractivity contribution is 7.99. The van der Waals surface area contributed by atoms with Crippen LogP contribution in [0.4, 0.5) is 5.69 Å². The molecule has 1 N–H and O–H groups in total. The van der Waals surface area contributed by atoms with Gasteiger partial charge in [-0.05, 0) is 69.8 Å². The van der Waals surface area contributed by atoms with E-state index in [2.05, 4.69) is 24.2 Å². The first-order chi connectivity index (χ1) is 13.4. The summed E-state index contributed by atoms with van der Waals surface area (Å²) in [7, 11) is 2.20. The Morgan fingerprint density at radius 2 is 1.86 bits per heavy atom. The van der Waals surface area contributed by atoms with Gasteiger partial charge in [0.15, 0.2) is 0 Å². The zero-order chi connectivity index (χ0) is 19.8. The first-order valence-electron chi connectivity index (χ1n) is 10.1. The smallest absolute Gasteiger partial charge is 0.248 e. The molecule has 6 heteroatoms. The van der Waals surface area contributed by atoms with E-state index in [9.17, 15) is 9.59 Å². The molecule has 3 saturated heterocycles. The molecule has 2 bridgehead atoms. The van der Waals surface area contributed by atoms with Gasteiger partial charge in [0.25, 0.3) is 0 Å². The molecule has 0 radical (unpaired) electrons. The topological polar surface area (TPSA) is 52.7 Å². The number of thioether (sulfide) groups is 1. The molecular formula is C22H29N3O2S. The number of benzene rings is 1. The minimum absolute atomic E-state index is 0.0100. The predicted octanol–water partition coefficient (Wildman–Crippen LogP) is 3.33. The van der Waals surface area contributed by atoms with Crippen LogP contribution in [-0.4, -0.2) is 58.4 Å². The van der Waals surface area contributed by atoms with Gasteiger partial charge < -0.3 is 10.2 Å². The van der Waals surface area contributed by atoms with E-state index < -0.39 is 6.04 Å². The van der Waals surface area contributed by atoms with Gasteiger partial charge in [0.2, 0.25) is 11.8 Å². The maximum Gasteiger partial charge on any atom is 0.248 e. The lowest BCUT2D eigenvalue weighted by Gasteiger charge is -2.33. The number of anilines is 1. The summed E-state index contributed by atoms with van der Waals surface area (Å²) in [5.41, 5.74) is 4.39. The third-order valence-corrected chi connectivity index (χ3v) is 7.56. The van der Waals surface area contributed by atoms with Crippen LogP contribution in [0.3, 0.4) is 0 Å². The number of carbonyl (C=O) groups excluding carboxylic acids is 2. The van der Waals surface area contributed by atoms with Gasteiger partial charge in [0, 0.05) is 29.6 Å². The normalized spacial score (nSPS) is 27.2. The van der Waals surface area contributed by atoms with Crippen molar-refractivity contribution in [3.05, 3.63) is 41.0 Å². The van der Waals surface area contributed by atoms with Gasteiger partial charge >= 0.3 is 0 Å². The summed E-state index contributed by atoms with van der Waals surface area (Å²) in [5.74, 6) is 1.13. The van der Waals surface area contributed by atoms with Crippen molar-refractivity contribution in [2.24, 2.45) is 0 Å². The van der Waals surface area contributed by atoms with E-state index in [-0.39, 0.29) is 11.8 Å². The first kappa shape index (κ1) is 19.5. The van der Waals surface area contributed by atoms with E-state index in [1.807, 2.05) is 31.2 Å². The van der Waals surface area contributed by atoms with Crippen LogP contribution in [0, 0.1) is 13.8 Å². The molecule has 3 unspecified atom stereocenters. The molecule has 0 aromatic heterocycles. The summed E-state index contributed by atoms with van der Waals surface area (Å²) in [6.45, 7) is 4.09. The molecule has 3 aliphatic rings. The van der Waals surface area contributed by atoms with Gasteiger partial charge in [-0.2, -0.15) is 0 Å². The lowest BCUT2D eigenvalue weighted by molar-refractivity contribution is -0.132. The maximum absolute atomic E-state index is 12.9. The number of amides is 2. The zero-order valence-corrected chi connectivity index (χ0v) is 17.7. The number of piperidine rings is 1. The van der Waals surface area contributed by atoms with E-state index in [0.29, 0.717) is 23.7 Å². The second-order valence-electron chi connectivity index (χ2n) is 8.37. The predicted molar refractivity (Wildman–Crippen MR) is 114 cm³/mol. The van der Waals surface area contributed by atoms with Crippen LogP contribution in [-0.2, 0) is 9.59 Å². The number of hydrogen-bond acceptors (Lipinski definition) is 4. The first-order valence-corrected chi connectivity index (χ1v) is 11.3. The Morgan fingerprint density at radius 3 is 2.54 bits per heavy atom. The van der Waals surface area contributed by atoms with Crippen molar-refractivity contribution < 1.29 is 9.59 Å². The molecule has 0 aliphatic carbocycles. The van der Waals surface area contributed by atoms with Crippen LogP contribution < -0.4 is 5.32 Å². The van der Waals surface area contributed by atoms with Crippen molar-refractivity contribution in [3.63, 3.8) is 0 Å². The standard InChI is InChI=1S/C22H29N3O2S/c1-14-4-5-17(8-15(14)2)23-22(27)20-12-28-13-25(20)21(26)11-16-9-18-6-7-19(10-16)24(18)3/h4-5,8,11,18-20H,6-7,9-10,12-13H2,1-3H3,(H,23,27). The fourth-order valence-electron chi connectivity index (χ4n) is 4.57. The molecule has 28 heavy (non-hydrogen) atoms. The van der Waals surface area contributed by atoms with Crippen molar-refractivity contribution in [2.45, 2.75) is 57.7 Å². The number of nitrogens with one attached hydrogen (secondary N) is 1. The van der Waals surface area contributed by atoms with Crippen molar-refractivity contribution >= 4 is 29.3 Å². The molecule has 1 aromatic carbocycles. The SMILES string of the molecule is Cc1ccc(NC(=O)C2CSCN2C(=O)C=C2CC3CCC(C2)N3C)cc1C. The van der Waals surface area contributed by atoms with Gasteiger partial charge in [0.05, 0.1) is 5.88 Å². The van der Waals surface area contributed by atoms with Crippen LogP contribution in [0.5, 0.6) is 0 Å². The molecule has 5 nitrogen and oxygen atoms in total. The highest BCUT2D eigenvalue weighted by Crippen LogP contribution is 2.37. The number of hydrogen-bond donors (Lipinski definition) is 1. The third kappa shape index (κ3) is 3.85. The van der Waals surface area contributed by atoms with Crippen LogP contribution in [0.25, 0.3) is 0 Å². The fraction of sp³-hybridized carbons (Fsp3) is 0.545. The van der Waals surface area contributed by atoms with Crippen molar-refractivity contribution in [1.29, 1.82) is 0 Å². The highest BCUT2D eigenvalue weighted by Gasteiger charge is 2.38. The molecule has 3 heterocycles. The quantitative estimate of drug-likeness (QED) is 0.792. The van der Waals surface area contributed by atoms with Crippen LogP contribution in [0.15, 0.2) is 29.8 Å². The number of carbonyl (C=O) groups is 2. The summed E-state index contributed by atoms with van der Waals surface area (Å²) in [6.07, 6.45) is 6.25. The lowest BCUT2D eigenvalue weighted by Crippen LogP contribution is -2.44. The molecule has 0 saturated carbocycles. The molecule has 3 fully saturated rings. The highest BCUT2D eigenvalue weighted by atomic mass is 32.2. The molecule has 4 rings (SSSR count). The van der Waals surface area contributed by atoms with Gasteiger partial charge in [-0.1, -0.05) is 11.6 Å². The van der Waals surface area contributed by atoms with Crippen LogP contribution >= 0.6 is 11.8 Å². The lowest BCUT2D eigenvalue weighted by atomic mass is 9.97. The average molecular weight is 400 g/mol. The van der Waals surface area contributed by atoms with E-state index >= 15 is 0 Å². The number of fused-ring (bicyclic) bond motifs is 2. The second-order valence-corrected chi connectivity index (χ2v) is 9.37. The molecular weight excluding hydrogens is 370 g/mol. The Bertz CT molecular complexity index is 806. The Hall–Kier alpha value is -1.79. The fourth-order valence-corrected chi connectivity index (χ4v) is 5.73. The third-order valence-electron chi connectivity index (χ3n) is 6.55. The molecule has 150 valence electrons. The minimum atomic E-state index is -0.404. The van der Waals surface area contributed by atoms with Crippen molar-refractivity contribution in [2.75, 3.05) is 24.0 Å². The molecule has 3 aliphatic heterocycles. The van der Waals surface area contributed by atoms with E-state index in [4.69, 9.17) is 0 Å². The molecule has 0 spiro atoms. The number of nitrogens with zero attached hydrogens (tertiary/aromatic N) is 2. The Kier molecular flexibility index (Phi) is 5.52. The summed E-state index contributed by atoms with van der Waals surface area (Å²) in [4.78, 5) is 30.0. The van der Waals surface area contributed by atoms with Gasteiger partial charge in [-0.15, -0.1) is 11.8 Å². The van der Waals surface area contributed by atoms with E-state index in [1.165, 1.54) is 24.0 Å². The monoisotopic (exact) mass is 399 g/mol. The Morgan fingerprint density at radius 1 is 1.14 bits per heavy atom. The summed E-state index contributed by atoms with van der Waals surface area (Å²) in [6, 6.07) is 6.67. The number of aryl methyl sites for hydroxylation is 2. The summed E-state index contributed by atoms with van der Waals surface area (Å²) < 4.78 is 0. The number of rotatable bonds is 3. The van der Waals surface area contributed by atoms with E-state index in [1.54, 1.807) is 16.7 Å². The Balaban J connectivity index is 1.42. The van der Waals surface area contributed by atoms with Crippen molar-refractivity contribution in [1.82, 2.24) is 9.80 Å². The molecule has 3 atom stereocenters. The molecule has 2 amide bonds. The van der Waals surface area contributed by atoms with Gasteiger partial charge in [-0.3, -0.25) is 14.5 Å². The minimum Gasteiger partial charge on any atom is -0.324 e. The van der Waals surface area contributed by atoms with Crippen molar-refractivity contribution in [3.8, 4) is 0 Å². The van der Waals surface area contributed by atoms with Gasteiger partial charge in [-0.25, -0.2) is 0 Å². The van der Waals surface area contributed by atoms with Crippen LogP contribution in [0.1, 0.15) is 36.8 Å². The van der Waals surface area contributed by atoms with Gasteiger partial charge in [0.1, 0.15) is 6.04 Å². The average Bonchev–Trinajstić information content (AvgIpc) is 3.21. The Labute approximate surface area is 171 Å². The van der Waals surface area contributed by atoms with E-state index in [0.717, 1.165) is 24.1 Å². The molecule has 1 aromatic rings. The summed E-state index contributed by atoms with van der Waals surface area (Å²) >= 11 is 1.65. The summed E-state index contributed by atoms with van der Waals surface area (Å²) in [5, 5.41) is 3.00. The van der Waals surface area contributed by atoms with Crippen LogP contribution in [0.2, 0.25) is 0 Å². The largest absolute Gasteiger partial charge is 0.324 e. The maximum atomic E-state index is 12.9. The second kappa shape index (κ2) is 7.91.